The zero-order chi connectivity index (χ0) is 14.4. The van der Waals surface area contributed by atoms with E-state index in [1.165, 1.54) is 0 Å². The van der Waals surface area contributed by atoms with Crippen molar-refractivity contribution in [1.29, 1.82) is 0 Å². The van der Waals surface area contributed by atoms with E-state index < -0.39 is 6.10 Å². The summed E-state index contributed by atoms with van der Waals surface area (Å²) in [5.41, 5.74) is 0.705. The smallest absolute Gasteiger partial charge is 0.319 e. The number of aliphatic hydroxyl groups excluding tert-OH is 1. The van der Waals surface area contributed by atoms with Gasteiger partial charge in [0.2, 0.25) is 0 Å². The second-order valence-corrected chi connectivity index (χ2v) is 5.01. The molecule has 3 N–H and O–H groups in total. The predicted molar refractivity (Wildman–Crippen MR) is 78.0 cm³/mol. The molecule has 1 aliphatic carbocycles. The van der Waals surface area contributed by atoms with Crippen LogP contribution in [0.5, 0.6) is 5.75 Å². The molecule has 1 aromatic rings. The van der Waals surface area contributed by atoms with Gasteiger partial charge in [-0.3, -0.25) is 0 Å². The lowest BCUT2D eigenvalue weighted by Gasteiger charge is -2.28. The van der Waals surface area contributed by atoms with Crippen LogP contribution in [0.1, 0.15) is 32.6 Å². The van der Waals surface area contributed by atoms with E-state index in [2.05, 4.69) is 10.6 Å². The Labute approximate surface area is 119 Å². The van der Waals surface area contributed by atoms with Gasteiger partial charge in [-0.25, -0.2) is 4.79 Å². The first kappa shape index (κ1) is 14.7. The highest BCUT2D eigenvalue weighted by Gasteiger charge is 2.24. The first-order valence-corrected chi connectivity index (χ1v) is 7.17. The number of aliphatic hydroxyl groups is 1. The first-order valence-electron chi connectivity index (χ1n) is 7.17. The van der Waals surface area contributed by atoms with Gasteiger partial charge in [0.05, 0.1) is 18.8 Å². The molecule has 2 unspecified atom stereocenters. The van der Waals surface area contributed by atoms with Crippen LogP contribution < -0.4 is 15.4 Å². The molecule has 0 radical (unpaired) electrons. The van der Waals surface area contributed by atoms with E-state index in [9.17, 15) is 9.90 Å². The molecule has 0 aromatic heterocycles. The quantitative estimate of drug-likeness (QED) is 0.792. The van der Waals surface area contributed by atoms with Crippen LogP contribution >= 0.6 is 0 Å². The summed E-state index contributed by atoms with van der Waals surface area (Å²) in [7, 11) is 0. The van der Waals surface area contributed by atoms with Crippen molar-refractivity contribution in [2.24, 2.45) is 0 Å². The fourth-order valence-corrected chi connectivity index (χ4v) is 2.42. The molecule has 0 bridgehead atoms. The maximum atomic E-state index is 11.9. The molecule has 1 saturated carbocycles. The van der Waals surface area contributed by atoms with Crippen LogP contribution in [0.3, 0.4) is 0 Å². The molecule has 1 aliphatic rings. The molecule has 0 saturated heterocycles. The van der Waals surface area contributed by atoms with Crippen molar-refractivity contribution in [1.82, 2.24) is 5.32 Å². The molecular formula is C15H22N2O3. The molecule has 2 amide bonds. The van der Waals surface area contributed by atoms with Crippen LogP contribution in [-0.4, -0.2) is 29.9 Å². The normalized spacial score (nSPS) is 22.1. The van der Waals surface area contributed by atoms with Crippen molar-refractivity contribution in [3.05, 3.63) is 24.3 Å². The van der Waals surface area contributed by atoms with Gasteiger partial charge < -0.3 is 20.5 Å². The second-order valence-electron chi connectivity index (χ2n) is 5.01. The Bertz CT molecular complexity index is 433. The van der Waals surface area contributed by atoms with Crippen LogP contribution in [0.15, 0.2) is 24.3 Å². The van der Waals surface area contributed by atoms with Crippen molar-refractivity contribution in [3.63, 3.8) is 0 Å². The lowest BCUT2D eigenvalue weighted by Crippen LogP contribution is -2.46. The maximum absolute atomic E-state index is 11.9. The molecule has 2 atom stereocenters. The van der Waals surface area contributed by atoms with E-state index in [0.29, 0.717) is 12.3 Å². The van der Waals surface area contributed by atoms with Gasteiger partial charge in [-0.1, -0.05) is 12.8 Å². The Hall–Kier alpha value is -1.75. The molecule has 5 nitrogen and oxygen atoms in total. The number of nitrogens with one attached hydrogen (secondary N) is 2. The van der Waals surface area contributed by atoms with Crippen LogP contribution in [0.2, 0.25) is 0 Å². The number of hydrogen-bond donors (Lipinski definition) is 3. The Morgan fingerprint density at radius 2 is 2.00 bits per heavy atom. The number of rotatable bonds is 4. The third-order valence-electron chi connectivity index (χ3n) is 3.47. The monoisotopic (exact) mass is 278 g/mol. The molecule has 110 valence electrons. The van der Waals surface area contributed by atoms with E-state index in [-0.39, 0.29) is 12.1 Å². The number of carbonyl (C=O) groups excluding carboxylic acids is 1. The molecule has 0 heterocycles. The number of amides is 2. The van der Waals surface area contributed by atoms with E-state index in [0.717, 1.165) is 31.4 Å². The van der Waals surface area contributed by atoms with Crippen LogP contribution in [0.25, 0.3) is 0 Å². The standard InChI is InChI=1S/C15H22N2O3/c1-2-20-12-9-7-11(8-10-12)16-15(19)17-13-5-3-4-6-14(13)18/h7-10,13-14,18H,2-6H2,1H3,(H2,16,17,19). The minimum Gasteiger partial charge on any atom is -0.494 e. The number of carbonyl (C=O) groups is 1. The van der Waals surface area contributed by atoms with E-state index in [1.807, 2.05) is 19.1 Å². The molecular weight excluding hydrogens is 256 g/mol. The average molecular weight is 278 g/mol. The summed E-state index contributed by atoms with van der Waals surface area (Å²) in [4.78, 5) is 11.9. The molecule has 1 aromatic carbocycles. The van der Waals surface area contributed by atoms with Gasteiger partial charge in [0, 0.05) is 5.69 Å². The molecule has 5 heteroatoms. The van der Waals surface area contributed by atoms with E-state index in [1.54, 1.807) is 12.1 Å². The number of hydrogen-bond acceptors (Lipinski definition) is 3. The van der Waals surface area contributed by atoms with Crippen LogP contribution in [0, 0.1) is 0 Å². The minimum atomic E-state index is -0.435. The Morgan fingerprint density at radius 3 is 2.65 bits per heavy atom. The van der Waals surface area contributed by atoms with Gasteiger partial charge in [-0.15, -0.1) is 0 Å². The molecule has 2 rings (SSSR count). The van der Waals surface area contributed by atoms with Crippen LogP contribution in [-0.2, 0) is 0 Å². The number of anilines is 1. The van der Waals surface area contributed by atoms with Crippen LogP contribution in [0.4, 0.5) is 10.5 Å². The zero-order valence-electron chi connectivity index (χ0n) is 11.8. The summed E-state index contributed by atoms with van der Waals surface area (Å²) >= 11 is 0. The van der Waals surface area contributed by atoms with Crippen molar-refractivity contribution in [2.45, 2.75) is 44.8 Å². The maximum Gasteiger partial charge on any atom is 0.319 e. The van der Waals surface area contributed by atoms with Crippen molar-refractivity contribution >= 4 is 11.7 Å². The summed E-state index contributed by atoms with van der Waals surface area (Å²) in [6.45, 7) is 2.54. The van der Waals surface area contributed by atoms with E-state index in [4.69, 9.17) is 4.74 Å². The van der Waals surface area contributed by atoms with Gasteiger partial charge in [0.1, 0.15) is 5.75 Å². The minimum absolute atomic E-state index is 0.147. The molecule has 1 fully saturated rings. The number of benzene rings is 1. The predicted octanol–water partition coefficient (Wildman–Crippen LogP) is 2.51. The second kappa shape index (κ2) is 7.14. The molecule has 0 spiro atoms. The van der Waals surface area contributed by atoms with Gasteiger partial charge in [-0.2, -0.15) is 0 Å². The third-order valence-corrected chi connectivity index (χ3v) is 3.47. The summed E-state index contributed by atoms with van der Waals surface area (Å²) in [6.07, 6.45) is 3.23. The van der Waals surface area contributed by atoms with Gasteiger partial charge in [-0.05, 0) is 44.0 Å². The highest BCUT2D eigenvalue weighted by Crippen LogP contribution is 2.19. The Kier molecular flexibility index (Phi) is 5.24. The van der Waals surface area contributed by atoms with E-state index >= 15 is 0 Å². The number of urea groups is 1. The van der Waals surface area contributed by atoms with Crippen molar-refractivity contribution in [3.8, 4) is 5.75 Å². The van der Waals surface area contributed by atoms with Gasteiger partial charge in [0.15, 0.2) is 0 Å². The lowest BCUT2D eigenvalue weighted by molar-refractivity contribution is 0.0955. The Morgan fingerprint density at radius 1 is 1.30 bits per heavy atom. The van der Waals surface area contributed by atoms with Crippen molar-refractivity contribution in [2.75, 3.05) is 11.9 Å². The molecule has 0 aliphatic heterocycles. The highest BCUT2D eigenvalue weighted by molar-refractivity contribution is 5.89. The summed E-state index contributed by atoms with van der Waals surface area (Å²) in [5.74, 6) is 0.779. The number of ether oxygens (including phenoxy) is 1. The van der Waals surface area contributed by atoms with Gasteiger partial charge >= 0.3 is 6.03 Å². The van der Waals surface area contributed by atoms with Gasteiger partial charge in [0.25, 0.3) is 0 Å². The SMILES string of the molecule is CCOc1ccc(NC(=O)NC2CCCCC2O)cc1. The largest absolute Gasteiger partial charge is 0.494 e. The lowest BCUT2D eigenvalue weighted by atomic mass is 9.93. The summed E-state index contributed by atoms with van der Waals surface area (Å²) in [6, 6.07) is 6.79. The molecule has 20 heavy (non-hydrogen) atoms. The Balaban J connectivity index is 1.84. The fourth-order valence-electron chi connectivity index (χ4n) is 2.42. The summed E-state index contributed by atoms with van der Waals surface area (Å²) < 4.78 is 5.34. The topological polar surface area (TPSA) is 70.6 Å². The third kappa shape index (κ3) is 4.13. The average Bonchev–Trinajstić information content (AvgIpc) is 2.44. The first-order chi connectivity index (χ1) is 9.69. The van der Waals surface area contributed by atoms with Crippen molar-refractivity contribution < 1.29 is 14.6 Å². The fraction of sp³-hybridized carbons (Fsp3) is 0.533. The highest BCUT2D eigenvalue weighted by atomic mass is 16.5. The zero-order valence-corrected chi connectivity index (χ0v) is 11.8. The summed E-state index contributed by atoms with van der Waals surface area (Å²) in [5, 5.41) is 15.4.